The summed E-state index contributed by atoms with van der Waals surface area (Å²) >= 11 is 0. The molecule has 2 atom stereocenters. The molecule has 0 aliphatic rings. The van der Waals surface area contributed by atoms with Gasteiger partial charge in [0.15, 0.2) is 6.10 Å². The lowest BCUT2D eigenvalue weighted by Crippen LogP contribution is -2.28. The van der Waals surface area contributed by atoms with E-state index < -0.39 is 18.2 Å². The van der Waals surface area contributed by atoms with Crippen molar-refractivity contribution in [3.8, 4) is 0 Å². The van der Waals surface area contributed by atoms with Crippen molar-refractivity contribution in [2.24, 2.45) is 5.92 Å². The molecule has 48 heavy (non-hydrogen) atoms. The van der Waals surface area contributed by atoms with Crippen LogP contribution in [-0.4, -0.2) is 47.6 Å². The summed E-state index contributed by atoms with van der Waals surface area (Å²) in [6.07, 6.45) is 40.6. The highest BCUT2D eigenvalue weighted by Gasteiger charge is 2.16. The molecular weight excluding hydrogens is 600 g/mol. The topological polar surface area (TPSA) is 93.1 Å². The van der Waals surface area contributed by atoms with Gasteiger partial charge in [0.05, 0.1) is 12.7 Å². The summed E-state index contributed by atoms with van der Waals surface area (Å²) in [5.74, 6) is 0.118. The smallest absolute Gasteiger partial charge is 0.306 e. The quantitative estimate of drug-likeness (QED) is 0.0305. The maximum atomic E-state index is 12.1. The molecule has 0 aliphatic carbocycles. The van der Waals surface area contributed by atoms with Crippen LogP contribution in [0.4, 0.5) is 0 Å². The number of aliphatic hydroxyl groups is 2. The van der Waals surface area contributed by atoms with Gasteiger partial charge in [-0.05, 0) is 50.9 Å². The minimum absolute atomic E-state index is 0.114. The lowest BCUT2D eigenvalue weighted by atomic mass is 10.0. The van der Waals surface area contributed by atoms with E-state index in [2.05, 4.69) is 39.0 Å². The molecule has 0 aromatic heterocycles. The van der Waals surface area contributed by atoms with Crippen molar-refractivity contribution in [3.05, 3.63) is 48.6 Å². The first-order chi connectivity index (χ1) is 23.4. The number of rotatable bonds is 34. The van der Waals surface area contributed by atoms with Crippen LogP contribution in [-0.2, 0) is 19.1 Å². The maximum absolute atomic E-state index is 12.1. The Balaban J connectivity index is 3.74. The fourth-order valence-electron chi connectivity index (χ4n) is 5.34. The van der Waals surface area contributed by atoms with Crippen molar-refractivity contribution in [2.45, 2.75) is 187 Å². The summed E-state index contributed by atoms with van der Waals surface area (Å²) in [6, 6.07) is 0. The van der Waals surface area contributed by atoms with Crippen molar-refractivity contribution in [2.75, 3.05) is 13.2 Å². The number of carbonyl (C=O) groups is 2. The van der Waals surface area contributed by atoms with E-state index in [1.54, 1.807) is 6.08 Å². The predicted octanol–water partition coefficient (Wildman–Crippen LogP) is 11.1. The van der Waals surface area contributed by atoms with Crippen molar-refractivity contribution >= 4 is 11.9 Å². The summed E-state index contributed by atoms with van der Waals surface area (Å²) in [4.78, 5) is 24.2. The molecule has 0 bridgehead atoms. The number of unbranched alkanes of at least 4 members (excludes halogenated alkanes) is 16. The van der Waals surface area contributed by atoms with Gasteiger partial charge in [0.25, 0.3) is 0 Å². The summed E-state index contributed by atoms with van der Waals surface area (Å²) in [7, 11) is 0. The molecule has 0 rings (SSSR count). The van der Waals surface area contributed by atoms with Gasteiger partial charge < -0.3 is 19.7 Å². The molecule has 0 amide bonds. The lowest BCUT2D eigenvalue weighted by molar-refractivity contribution is -0.161. The summed E-state index contributed by atoms with van der Waals surface area (Å²) in [6.45, 7) is 6.33. The first kappa shape index (κ1) is 45.8. The van der Waals surface area contributed by atoms with Gasteiger partial charge in [0.1, 0.15) is 6.61 Å². The summed E-state index contributed by atoms with van der Waals surface area (Å²) in [5.41, 5.74) is 0. The molecule has 0 saturated carbocycles. The van der Waals surface area contributed by atoms with Crippen LogP contribution in [0.2, 0.25) is 0 Å². The lowest BCUT2D eigenvalue weighted by Gasteiger charge is -2.15. The maximum Gasteiger partial charge on any atom is 0.306 e. The number of esters is 2. The number of allylic oxidation sites excluding steroid dienone is 6. The van der Waals surface area contributed by atoms with E-state index in [1.807, 2.05) is 24.3 Å². The van der Waals surface area contributed by atoms with E-state index in [4.69, 9.17) is 9.47 Å². The van der Waals surface area contributed by atoms with Crippen LogP contribution < -0.4 is 0 Å². The Morgan fingerprint density at radius 1 is 0.646 bits per heavy atom. The van der Waals surface area contributed by atoms with Crippen LogP contribution >= 0.6 is 0 Å². The Hall–Kier alpha value is -2.18. The molecule has 1 unspecified atom stereocenters. The van der Waals surface area contributed by atoms with Crippen LogP contribution in [0.25, 0.3) is 0 Å². The van der Waals surface area contributed by atoms with Crippen molar-refractivity contribution < 1.29 is 29.3 Å². The molecule has 2 N–H and O–H groups in total. The minimum atomic E-state index is -0.831. The Bertz CT molecular complexity index is 843. The molecule has 0 fully saturated rings. The fraction of sp³-hybridized carbons (Fsp3) is 0.762. The molecule has 0 aromatic carbocycles. The van der Waals surface area contributed by atoms with Crippen molar-refractivity contribution in [3.63, 3.8) is 0 Å². The number of carbonyl (C=O) groups excluding carboxylic acids is 2. The van der Waals surface area contributed by atoms with Gasteiger partial charge in [0.2, 0.25) is 0 Å². The van der Waals surface area contributed by atoms with Crippen LogP contribution in [0.15, 0.2) is 48.6 Å². The van der Waals surface area contributed by atoms with Crippen LogP contribution in [0, 0.1) is 5.92 Å². The predicted molar refractivity (Wildman–Crippen MR) is 202 cm³/mol. The zero-order valence-corrected chi connectivity index (χ0v) is 31.3. The monoisotopic (exact) mass is 675 g/mol. The molecule has 0 aliphatic heterocycles. The van der Waals surface area contributed by atoms with Crippen molar-refractivity contribution in [1.29, 1.82) is 0 Å². The van der Waals surface area contributed by atoms with Gasteiger partial charge in [-0.3, -0.25) is 9.59 Å². The van der Waals surface area contributed by atoms with Gasteiger partial charge in [-0.25, -0.2) is 0 Å². The molecule has 278 valence electrons. The molecule has 6 nitrogen and oxygen atoms in total. The van der Waals surface area contributed by atoms with Gasteiger partial charge in [-0.1, -0.05) is 166 Å². The third-order valence-corrected chi connectivity index (χ3v) is 8.38. The zero-order chi connectivity index (χ0) is 35.3. The summed E-state index contributed by atoms with van der Waals surface area (Å²) < 4.78 is 10.5. The van der Waals surface area contributed by atoms with E-state index in [9.17, 15) is 19.8 Å². The highest BCUT2D eigenvalue weighted by molar-refractivity contribution is 5.70. The number of hydrogen-bond acceptors (Lipinski definition) is 6. The Morgan fingerprint density at radius 3 is 1.85 bits per heavy atom. The second-order valence-electron chi connectivity index (χ2n) is 13.7. The van der Waals surface area contributed by atoms with Gasteiger partial charge in [-0.15, -0.1) is 0 Å². The Morgan fingerprint density at radius 2 is 1.23 bits per heavy atom. The van der Waals surface area contributed by atoms with E-state index in [-0.39, 0.29) is 25.6 Å². The molecule has 0 heterocycles. The third kappa shape index (κ3) is 35.1. The largest absolute Gasteiger partial charge is 0.462 e. The Kier molecular flexibility index (Phi) is 34.5. The fourth-order valence-corrected chi connectivity index (χ4v) is 5.34. The average molecular weight is 675 g/mol. The van der Waals surface area contributed by atoms with Crippen molar-refractivity contribution in [1.82, 2.24) is 0 Å². The number of hydrogen-bond donors (Lipinski definition) is 2. The number of aliphatic hydroxyl groups excluding tert-OH is 2. The van der Waals surface area contributed by atoms with Gasteiger partial charge >= 0.3 is 11.9 Å². The molecule has 6 heteroatoms. The second-order valence-corrected chi connectivity index (χ2v) is 13.7. The molecule has 0 spiro atoms. The van der Waals surface area contributed by atoms with Gasteiger partial charge in [-0.2, -0.15) is 0 Å². The third-order valence-electron chi connectivity index (χ3n) is 8.38. The zero-order valence-electron chi connectivity index (χ0n) is 31.3. The Labute approximate surface area is 295 Å². The van der Waals surface area contributed by atoms with E-state index in [0.717, 1.165) is 38.0 Å². The van der Waals surface area contributed by atoms with E-state index in [0.29, 0.717) is 25.7 Å². The van der Waals surface area contributed by atoms with Crippen LogP contribution in [0.1, 0.15) is 175 Å². The van der Waals surface area contributed by atoms with E-state index in [1.165, 1.54) is 89.9 Å². The average Bonchev–Trinajstić information content (AvgIpc) is 3.06. The molecular formula is C42H74O6. The first-order valence-electron chi connectivity index (χ1n) is 19.7. The van der Waals surface area contributed by atoms with E-state index >= 15 is 0 Å². The normalized spacial score (nSPS) is 13.5. The van der Waals surface area contributed by atoms with Crippen LogP contribution in [0.5, 0.6) is 0 Å². The second kappa shape index (κ2) is 36.1. The van der Waals surface area contributed by atoms with Crippen LogP contribution in [0.3, 0.4) is 0 Å². The number of ether oxygens (including phenoxy) is 2. The molecule has 0 aromatic rings. The highest BCUT2D eigenvalue weighted by atomic mass is 16.6. The molecule has 0 saturated heterocycles. The first-order valence-corrected chi connectivity index (χ1v) is 19.7. The SMILES string of the molecule is CCCCC/C=C\C/C=C\CC(O)/C=C\C=C\CCCC(=O)O[C@@H](CO)COC(=O)CCCCCCCCCCCCCCCC(C)C. The van der Waals surface area contributed by atoms with Gasteiger partial charge in [0, 0.05) is 12.8 Å². The highest BCUT2D eigenvalue weighted by Crippen LogP contribution is 2.15. The standard InChI is InChI=1S/C42H74O6/c1-4-5-6-7-8-14-18-22-27-32-39(44)33-28-23-20-25-30-35-42(46)48-40(36-43)37-47-41(45)34-29-24-19-16-13-11-9-10-12-15-17-21-26-31-38(2)3/h8,14,20,22-23,27-28,33,38-40,43-44H,4-7,9-13,15-19,21,24-26,29-32,34-37H2,1-3H3/b14-8-,23-20+,27-22-,33-28-/t39?,40-/m0/s1. The summed E-state index contributed by atoms with van der Waals surface area (Å²) in [5, 5.41) is 19.6. The minimum Gasteiger partial charge on any atom is -0.462 e. The molecule has 0 radical (unpaired) electrons.